The predicted octanol–water partition coefficient (Wildman–Crippen LogP) is 3.01. The third kappa shape index (κ3) is 2.11. The number of nitrogens with zero attached hydrogens (tertiary/aromatic N) is 1. The van der Waals surface area contributed by atoms with Crippen LogP contribution in [0.3, 0.4) is 0 Å². The Morgan fingerprint density at radius 3 is 2.41 bits per heavy atom. The van der Waals surface area contributed by atoms with Crippen LogP contribution >= 0.6 is 11.6 Å². The summed E-state index contributed by atoms with van der Waals surface area (Å²) in [4.78, 5) is 23.1. The second kappa shape index (κ2) is 4.34. The van der Waals surface area contributed by atoms with Crippen LogP contribution in [0.1, 0.15) is 19.9 Å². The van der Waals surface area contributed by atoms with Crippen LogP contribution in [0.5, 0.6) is 0 Å². The van der Waals surface area contributed by atoms with Crippen LogP contribution in [0, 0.1) is 0 Å². The van der Waals surface area contributed by atoms with E-state index < -0.39 is 6.04 Å². The Hall–Kier alpha value is -1.61. The van der Waals surface area contributed by atoms with E-state index in [1.807, 2.05) is 18.2 Å². The molecule has 17 heavy (non-hydrogen) atoms. The minimum absolute atomic E-state index is 0.162. The van der Waals surface area contributed by atoms with Crippen molar-refractivity contribution in [3.63, 3.8) is 0 Å². The van der Waals surface area contributed by atoms with Crippen LogP contribution in [-0.4, -0.2) is 16.1 Å². The Labute approximate surface area is 104 Å². The maximum Gasteiger partial charge on any atom is 0.160 e. The summed E-state index contributed by atoms with van der Waals surface area (Å²) in [6.45, 7) is 2.85. The molecule has 1 aromatic heterocycles. The monoisotopic (exact) mass is 249 g/mol. The van der Waals surface area contributed by atoms with Crippen molar-refractivity contribution in [1.82, 2.24) is 4.57 Å². The molecule has 0 aliphatic carbocycles. The van der Waals surface area contributed by atoms with E-state index in [4.69, 9.17) is 11.6 Å². The van der Waals surface area contributed by atoms with Gasteiger partial charge in [-0.15, -0.1) is 0 Å². The summed E-state index contributed by atoms with van der Waals surface area (Å²) in [5.74, 6) is -0.324. The van der Waals surface area contributed by atoms with Crippen molar-refractivity contribution in [2.75, 3.05) is 0 Å². The van der Waals surface area contributed by atoms with Gasteiger partial charge in [0.25, 0.3) is 0 Å². The van der Waals surface area contributed by atoms with Crippen molar-refractivity contribution in [1.29, 1.82) is 0 Å². The lowest BCUT2D eigenvalue weighted by atomic mass is 10.1. The smallest absolute Gasteiger partial charge is 0.160 e. The van der Waals surface area contributed by atoms with Gasteiger partial charge in [0.05, 0.1) is 0 Å². The number of rotatable bonds is 3. The van der Waals surface area contributed by atoms with Crippen molar-refractivity contribution in [3.8, 4) is 0 Å². The first-order valence-electron chi connectivity index (χ1n) is 5.27. The fraction of sp³-hybridized carbons (Fsp3) is 0.231. The van der Waals surface area contributed by atoms with Crippen molar-refractivity contribution in [2.45, 2.75) is 19.9 Å². The molecule has 0 aliphatic heterocycles. The number of aromatic nitrogens is 1. The third-order valence-corrected chi connectivity index (χ3v) is 2.97. The molecule has 0 bridgehead atoms. The molecule has 2 aromatic rings. The Kier molecular flexibility index (Phi) is 3.03. The first-order chi connectivity index (χ1) is 8.00. The van der Waals surface area contributed by atoms with Gasteiger partial charge in [0.1, 0.15) is 6.04 Å². The number of benzene rings is 1. The second-order valence-corrected chi connectivity index (χ2v) is 4.49. The van der Waals surface area contributed by atoms with Crippen molar-refractivity contribution >= 4 is 34.1 Å². The molecule has 2 rings (SSSR count). The van der Waals surface area contributed by atoms with Gasteiger partial charge in [0.15, 0.2) is 11.6 Å². The van der Waals surface area contributed by atoms with Gasteiger partial charge in [0.2, 0.25) is 0 Å². The molecule has 0 fully saturated rings. The molecule has 0 atom stereocenters. The van der Waals surface area contributed by atoms with Crippen LogP contribution in [0.15, 0.2) is 30.5 Å². The van der Waals surface area contributed by atoms with E-state index >= 15 is 0 Å². The van der Waals surface area contributed by atoms with E-state index in [9.17, 15) is 9.59 Å². The van der Waals surface area contributed by atoms with Gasteiger partial charge in [-0.1, -0.05) is 11.6 Å². The van der Waals surface area contributed by atoms with Gasteiger partial charge in [-0.3, -0.25) is 9.59 Å². The Morgan fingerprint density at radius 2 is 1.82 bits per heavy atom. The molecule has 1 heterocycles. The van der Waals surface area contributed by atoms with E-state index in [1.54, 1.807) is 16.8 Å². The zero-order valence-corrected chi connectivity index (χ0v) is 10.4. The predicted molar refractivity (Wildman–Crippen MR) is 67.3 cm³/mol. The molecule has 3 nitrogen and oxygen atoms in total. The van der Waals surface area contributed by atoms with Crippen LogP contribution in [-0.2, 0) is 9.59 Å². The summed E-state index contributed by atoms with van der Waals surface area (Å²) in [6, 6.07) is 6.48. The molecule has 4 heteroatoms. The van der Waals surface area contributed by atoms with Gasteiger partial charge in [-0.05, 0) is 38.1 Å². The highest BCUT2D eigenvalue weighted by molar-refractivity contribution is 6.31. The molecule has 88 valence electrons. The van der Waals surface area contributed by atoms with E-state index in [1.165, 1.54) is 13.8 Å². The molecule has 0 aliphatic rings. The summed E-state index contributed by atoms with van der Waals surface area (Å²) >= 11 is 5.89. The third-order valence-electron chi connectivity index (χ3n) is 2.73. The van der Waals surface area contributed by atoms with Gasteiger partial charge >= 0.3 is 0 Å². The van der Waals surface area contributed by atoms with Crippen molar-refractivity contribution < 1.29 is 9.59 Å². The van der Waals surface area contributed by atoms with E-state index in [0.29, 0.717) is 5.02 Å². The summed E-state index contributed by atoms with van der Waals surface area (Å²) in [5, 5.41) is 1.56. The maximum absolute atomic E-state index is 11.5. The summed E-state index contributed by atoms with van der Waals surface area (Å²) in [5.41, 5.74) is 0.838. The molecule has 0 unspecified atom stereocenters. The lowest BCUT2D eigenvalue weighted by Gasteiger charge is -2.13. The minimum atomic E-state index is -0.742. The number of Topliss-reactive ketones (excluding diaryl/α,β-unsaturated/α-hetero) is 2. The average molecular weight is 250 g/mol. The summed E-state index contributed by atoms with van der Waals surface area (Å²) < 4.78 is 1.69. The number of carbonyl (C=O) groups excluding carboxylic acids is 2. The van der Waals surface area contributed by atoms with Crippen molar-refractivity contribution in [3.05, 3.63) is 35.5 Å². The number of fused-ring (bicyclic) bond motifs is 1. The maximum atomic E-state index is 11.5. The number of carbonyl (C=O) groups is 2. The molecule has 0 radical (unpaired) electrons. The highest BCUT2D eigenvalue weighted by atomic mass is 35.5. The fourth-order valence-electron chi connectivity index (χ4n) is 2.04. The van der Waals surface area contributed by atoms with E-state index in [-0.39, 0.29) is 11.6 Å². The molecule has 0 amide bonds. The zero-order chi connectivity index (χ0) is 12.6. The Balaban J connectivity index is 2.62. The van der Waals surface area contributed by atoms with Gasteiger partial charge in [-0.2, -0.15) is 0 Å². The Morgan fingerprint density at radius 1 is 1.18 bits per heavy atom. The first kappa shape index (κ1) is 11.9. The SMILES string of the molecule is CC(=O)C(C(C)=O)n1ccc2cc(Cl)ccc21. The molecule has 0 saturated heterocycles. The summed E-state index contributed by atoms with van der Waals surface area (Å²) in [6.07, 6.45) is 1.74. The van der Waals surface area contributed by atoms with E-state index in [0.717, 1.165) is 10.9 Å². The first-order valence-corrected chi connectivity index (χ1v) is 5.65. The number of ketones is 2. The van der Waals surface area contributed by atoms with Crippen molar-refractivity contribution in [2.24, 2.45) is 0 Å². The minimum Gasteiger partial charge on any atom is -0.330 e. The fourth-order valence-corrected chi connectivity index (χ4v) is 2.22. The van der Waals surface area contributed by atoms with Gasteiger partial charge in [-0.25, -0.2) is 0 Å². The van der Waals surface area contributed by atoms with Crippen LogP contribution in [0.2, 0.25) is 5.02 Å². The van der Waals surface area contributed by atoms with E-state index in [2.05, 4.69) is 0 Å². The Bertz CT molecular complexity index is 586. The zero-order valence-electron chi connectivity index (χ0n) is 9.61. The number of halogens is 1. The van der Waals surface area contributed by atoms with Crippen LogP contribution in [0.25, 0.3) is 10.9 Å². The standard InChI is InChI=1S/C13H12ClNO2/c1-8(16)13(9(2)17)15-6-5-10-7-11(14)3-4-12(10)15/h3-7,13H,1-2H3. The number of hydrogen-bond donors (Lipinski definition) is 0. The topological polar surface area (TPSA) is 39.1 Å². The largest absolute Gasteiger partial charge is 0.330 e. The highest BCUT2D eigenvalue weighted by Crippen LogP contribution is 2.24. The summed E-state index contributed by atoms with van der Waals surface area (Å²) in [7, 11) is 0. The van der Waals surface area contributed by atoms with Crippen LogP contribution in [0.4, 0.5) is 0 Å². The lowest BCUT2D eigenvalue weighted by Crippen LogP contribution is -2.23. The quantitative estimate of drug-likeness (QED) is 0.785. The molecular weight excluding hydrogens is 238 g/mol. The number of hydrogen-bond acceptors (Lipinski definition) is 2. The second-order valence-electron chi connectivity index (χ2n) is 4.05. The average Bonchev–Trinajstić information content (AvgIpc) is 2.60. The van der Waals surface area contributed by atoms with Gasteiger partial charge < -0.3 is 4.57 Å². The molecular formula is C13H12ClNO2. The molecule has 0 saturated carbocycles. The van der Waals surface area contributed by atoms with Gasteiger partial charge in [0, 0.05) is 22.1 Å². The normalized spacial score (nSPS) is 11.1. The highest BCUT2D eigenvalue weighted by Gasteiger charge is 2.22. The molecule has 0 N–H and O–H groups in total. The molecule has 0 spiro atoms. The lowest BCUT2D eigenvalue weighted by molar-refractivity contribution is -0.129. The van der Waals surface area contributed by atoms with Crippen LogP contribution < -0.4 is 0 Å². The molecule has 1 aromatic carbocycles.